The van der Waals surface area contributed by atoms with Crippen LogP contribution in [0.5, 0.6) is 0 Å². The van der Waals surface area contributed by atoms with Crippen molar-refractivity contribution in [1.29, 1.82) is 0 Å². The normalized spacial score (nSPS) is 17.5. The lowest BCUT2D eigenvalue weighted by molar-refractivity contribution is -0.129. The Hall–Kier alpha value is -1.38. The molecule has 0 aromatic carbocycles. The Kier molecular flexibility index (Phi) is 3.22. The molecule has 2 rings (SSSR count). The number of aromatic nitrogens is 1. The van der Waals surface area contributed by atoms with Crippen LogP contribution in [0.25, 0.3) is 0 Å². The van der Waals surface area contributed by atoms with Crippen LogP contribution in [0.3, 0.4) is 0 Å². The van der Waals surface area contributed by atoms with Crippen LogP contribution in [0.4, 0.5) is 0 Å². The first-order chi connectivity index (χ1) is 7.66. The van der Waals surface area contributed by atoms with Gasteiger partial charge in [0.1, 0.15) is 0 Å². The molecule has 0 saturated carbocycles. The van der Waals surface area contributed by atoms with Crippen molar-refractivity contribution in [2.45, 2.75) is 32.6 Å². The number of nitrogens with zero attached hydrogens (tertiary/aromatic N) is 2. The molecule has 1 aliphatic heterocycles. The van der Waals surface area contributed by atoms with Crippen LogP contribution >= 0.6 is 0 Å². The summed E-state index contributed by atoms with van der Waals surface area (Å²) in [6.07, 6.45) is 4.00. The first kappa shape index (κ1) is 11.1. The van der Waals surface area contributed by atoms with E-state index in [2.05, 4.69) is 24.0 Å². The van der Waals surface area contributed by atoms with Gasteiger partial charge in [0.15, 0.2) is 0 Å². The van der Waals surface area contributed by atoms with Crippen molar-refractivity contribution in [3.05, 3.63) is 29.6 Å². The predicted molar refractivity (Wildman–Crippen MR) is 63.2 cm³/mol. The van der Waals surface area contributed by atoms with Gasteiger partial charge in [-0.25, -0.2) is 0 Å². The summed E-state index contributed by atoms with van der Waals surface area (Å²) in [4.78, 5) is 17.6. The highest BCUT2D eigenvalue weighted by molar-refractivity contribution is 5.73. The number of rotatable bonds is 1. The summed E-state index contributed by atoms with van der Waals surface area (Å²) >= 11 is 0. The first-order valence-corrected chi connectivity index (χ1v) is 5.85. The van der Waals surface area contributed by atoms with Gasteiger partial charge in [0.2, 0.25) is 5.91 Å². The Bertz CT molecular complexity index is 364. The Labute approximate surface area is 96.5 Å². The van der Waals surface area contributed by atoms with Crippen molar-refractivity contribution >= 4 is 5.91 Å². The van der Waals surface area contributed by atoms with Crippen molar-refractivity contribution < 1.29 is 4.79 Å². The lowest BCUT2D eigenvalue weighted by Crippen LogP contribution is -2.36. The summed E-state index contributed by atoms with van der Waals surface area (Å²) in [5, 5.41) is 0. The van der Waals surface area contributed by atoms with Crippen LogP contribution < -0.4 is 0 Å². The van der Waals surface area contributed by atoms with Gasteiger partial charge in [-0.05, 0) is 31.4 Å². The van der Waals surface area contributed by atoms with Crippen LogP contribution in [-0.4, -0.2) is 28.9 Å². The standard InChI is InChI=1S/C13H18N2O/c1-10-3-4-13(14-9-10)12-5-7-15(8-6-12)11(2)16/h3-4,9,12H,5-8H2,1-2H3. The molecule has 3 heteroatoms. The number of likely N-dealkylation sites (tertiary alicyclic amines) is 1. The van der Waals surface area contributed by atoms with E-state index >= 15 is 0 Å². The Morgan fingerprint density at radius 2 is 2.06 bits per heavy atom. The van der Waals surface area contributed by atoms with Crippen LogP contribution in [-0.2, 0) is 4.79 Å². The van der Waals surface area contributed by atoms with Crippen molar-refractivity contribution in [2.75, 3.05) is 13.1 Å². The average molecular weight is 218 g/mol. The van der Waals surface area contributed by atoms with Crippen molar-refractivity contribution in [1.82, 2.24) is 9.88 Å². The number of carbonyl (C=O) groups is 1. The number of carbonyl (C=O) groups excluding carboxylic acids is 1. The summed E-state index contributed by atoms with van der Waals surface area (Å²) < 4.78 is 0. The molecule has 2 heterocycles. The van der Waals surface area contributed by atoms with Crippen LogP contribution in [0.2, 0.25) is 0 Å². The summed E-state index contributed by atoms with van der Waals surface area (Å²) in [6.45, 7) is 5.44. The second-order valence-electron chi connectivity index (χ2n) is 4.54. The van der Waals surface area contributed by atoms with Gasteiger partial charge in [-0.2, -0.15) is 0 Å². The fourth-order valence-corrected chi connectivity index (χ4v) is 2.21. The number of amides is 1. The fourth-order valence-electron chi connectivity index (χ4n) is 2.21. The monoisotopic (exact) mass is 218 g/mol. The third-order valence-corrected chi connectivity index (χ3v) is 3.29. The molecule has 1 fully saturated rings. The van der Waals surface area contributed by atoms with Gasteiger partial charge in [0.25, 0.3) is 0 Å². The second-order valence-corrected chi connectivity index (χ2v) is 4.54. The van der Waals surface area contributed by atoms with Crippen molar-refractivity contribution in [3.8, 4) is 0 Å². The summed E-state index contributed by atoms with van der Waals surface area (Å²) in [5.41, 5.74) is 2.37. The minimum absolute atomic E-state index is 0.190. The largest absolute Gasteiger partial charge is 0.343 e. The van der Waals surface area contributed by atoms with Gasteiger partial charge in [-0.3, -0.25) is 9.78 Å². The topological polar surface area (TPSA) is 33.2 Å². The maximum absolute atomic E-state index is 11.2. The molecule has 0 N–H and O–H groups in total. The minimum Gasteiger partial charge on any atom is -0.343 e. The van der Waals surface area contributed by atoms with Gasteiger partial charge in [0.05, 0.1) is 0 Å². The Balaban J connectivity index is 1.99. The molecule has 1 aliphatic rings. The smallest absolute Gasteiger partial charge is 0.219 e. The van der Waals surface area contributed by atoms with Gasteiger partial charge in [-0.1, -0.05) is 6.07 Å². The number of pyridine rings is 1. The Morgan fingerprint density at radius 1 is 1.38 bits per heavy atom. The highest BCUT2D eigenvalue weighted by atomic mass is 16.2. The lowest BCUT2D eigenvalue weighted by atomic mass is 9.93. The zero-order valence-corrected chi connectivity index (χ0v) is 9.94. The molecule has 0 atom stereocenters. The molecule has 0 unspecified atom stereocenters. The molecule has 1 saturated heterocycles. The number of piperidine rings is 1. The quantitative estimate of drug-likeness (QED) is 0.723. The zero-order valence-electron chi connectivity index (χ0n) is 9.94. The van der Waals surface area contributed by atoms with E-state index in [0.29, 0.717) is 5.92 Å². The molecule has 1 amide bonds. The van der Waals surface area contributed by atoms with Crippen LogP contribution in [0, 0.1) is 6.92 Å². The third kappa shape index (κ3) is 2.40. The first-order valence-electron chi connectivity index (χ1n) is 5.85. The predicted octanol–water partition coefficient (Wildman–Crippen LogP) is 2.12. The molecule has 16 heavy (non-hydrogen) atoms. The van der Waals surface area contributed by atoms with Gasteiger partial charge in [0, 0.05) is 37.8 Å². The van der Waals surface area contributed by atoms with Crippen LogP contribution in [0.15, 0.2) is 18.3 Å². The third-order valence-electron chi connectivity index (χ3n) is 3.29. The maximum Gasteiger partial charge on any atom is 0.219 e. The molecule has 3 nitrogen and oxygen atoms in total. The van der Waals surface area contributed by atoms with E-state index in [1.165, 1.54) is 11.3 Å². The highest BCUT2D eigenvalue weighted by Gasteiger charge is 2.22. The number of hydrogen-bond donors (Lipinski definition) is 0. The number of aryl methyl sites for hydroxylation is 1. The lowest BCUT2D eigenvalue weighted by Gasteiger charge is -2.30. The van der Waals surface area contributed by atoms with E-state index in [1.807, 2.05) is 11.1 Å². The molecular formula is C13H18N2O. The maximum atomic E-state index is 11.2. The summed E-state index contributed by atoms with van der Waals surface area (Å²) in [5.74, 6) is 0.714. The van der Waals surface area contributed by atoms with Crippen LogP contribution in [0.1, 0.15) is 36.9 Å². The van der Waals surface area contributed by atoms with Gasteiger partial charge < -0.3 is 4.90 Å². The van der Waals surface area contributed by atoms with E-state index in [-0.39, 0.29) is 5.91 Å². The number of hydrogen-bond acceptors (Lipinski definition) is 2. The van der Waals surface area contributed by atoms with Gasteiger partial charge in [-0.15, -0.1) is 0 Å². The second kappa shape index (κ2) is 4.64. The fraction of sp³-hybridized carbons (Fsp3) is 0.538. The van der Waals surface area contributed by atoms with Crippen molar-refractivity contribution in [2.24, 2.45) is 0 Å². The summed E-state index contributed by atoms with van der Waals surface area (Å²) in [6, 6.07) is 4.23. The molecule has 1 aromatic rings. The van der Waals surface area contributed by atoms with E-state index in [0.717, 1.165) is 25.9 Å². The molecule has 0 spiro atoms. The molecular weight excluding hydrogens is 200 g/mol. The van der Waals surface area contributed by atoms with E-state index < -0.39 is 0 Å². The molecule has 1 aromatic heterocycles. The average Bonchev–Trinajstić information content (AvgIpc) is 2.30. The SMILES string of the molecule is CC(=O)N1CCC(c2ccc(C)cn2)CC1. The summed E-state index contributed by atoms with van der Waals surface area (Å²) in [7, 11) is 0. The molecule has 0 bridgehead atoms. The van der Waals surface area contributed by atoms with E-state index in [1.54, 1.807) is 6.92 Å². The van der Waals surface area contributed by atoms with Crippen molar-refractivity contribution in [3.63, 3.8) is 0 Å². The Morgan fingerprint density at radius 3 is 2.56 bits per heavy atom. The van der Waals surface area contributed by atoms with E-state index in [9.17, 15) is 4.79 Å². The van der Waals surface area contributed by atoms with E-state index in [4.69, 9.17) is 0 Å². The van der Waals surface area contributed by atoms with Gasteiger partial charge >= 0.3 is 0 Å². The molecule has 86 valence electrons. The molecule has 0 aliphatic carbocycles. The molecule has 0 radical (unpaired) electrons. The minimum atomic E-state index is 0.190. The zero-order chi connectivity index (χ0) is 11.5. The highest BCUT2D eigenvalue weighted by Crippen LogP contribution is 2.26.